The summed E-state index contributed by atoms with van der Waals surface area (Å²) < 4.78 is 11.4. The fourth-order valence-corrected chi connectivity index (χ4v) is 2.43. The van der Waals surface area contributed by atoms with Crippen molar-refractivity contribution in [1.29, 1.82) is 0 Å². The molecule has 0 bridgehead atoms. The Morgan fingerprint density at radius 3 is 2.85 bits per heavy atom. The van der Waals surface area contributed by atoms with E-state index >= 15 is 0 Å². The van der Waals surface area contributed by atoms with Crippen LogP contribution in [0.25, 0.3) is 11.5 Å². The van der Waals surface area contributed by atoms with Crippen LogP contribution in [0.1, 0.15) is 13.8 Å². The van der Waals surface area contributed by atoms with Crippen molar-refractivity contribution in [1.82, 2.24) is 10.2 Å². The summed E-state index contributed by atoms with van der Waals surface area (Å²) in [6, 6.07) is 7.56. The van der Waals surface area contributed by atoms with Gasteiger partial charge < -0.3 is 9.15 Å². The molecule has 2 aromatic rings. The lowest BCUT2D eigenvalue weighted by atomic mass is 10.2. The molecule has 2 rings (SSSR count). The third-order valence-electron chi connectivity index (χ3n) is 2.19. The minimum atomic E-state index is -0.300. The number of aromatic nitrogens is 2. The molecule has 0 saturated heterocycles. The molecule has 0 unspecified atom stereocenters. The fourth-order valence-electron chi connectivity index (χ4n) is 1.43. The van der Waals surface area contributed by atoms with Crippen LogP contribution in [0.5, 0.6) is 0 Å². The van der Waals surface area contributed by atoms with Crippen LogP contribution in [0.3, 0.4) is 0 Å². The Balaban J connectivity index is 2.00. The molecule has 0 aliphatic heterocycles. The van der Waals surface area contributed by atoms with Crippen LogP contribution in [-0.4, -0.2) is 28.0 Å². The quantitative estimate of drug-likeness (QED) is 0.602. The van der Waals surface area contributed by atoms with Crippen molar-refractivity contribution < 1.29 is 13.9 Å². The van der Waals surface area contributed by atoms with E-state index in [-0.39, 0.29) is 17.8 Å². The molecule has 1 aromatic heterocycles. The van der Waals surface area contributed by atoms with Gasteiger partial charge in [-0.3, -0.25) is 4.79 Å². The van der Waals surface area contributed by atoms with E-state index in [0.717, 1.165) is 21.8 Å². The molecule has 0 saturated carbocycles. The van der Waals surface area contributed by atoms with Crippen LogP contribution < -0.4 is 0 Å². The summed E-state index contributed by atoms with van der Waals surface area (Å²) in [5.41, 5.74) is 0.816. The number of benzene rings is 1. The first kappa shape index (κ1) is 15.1. The summed E-state index contributed by atoms with van der Waals surface area (Å²) >= 11 is 4.58. The van der Waals surface area contributed by atoms with Gasteiger partial charge in [-0.2, -0.15) is 0 Å². The molecule has 0 radical (unpaired) electrons. The van der Waals surface area contributed by atoms with Crippen LogP contribution in [0, 0.1) is 0 Å². The summed E-state index contributed by atoms with van der Waals surface area (Å²) in [5.74, 6) is 0.262. The van der Waals surface area contributed by atoms with Gasteiger partial charge in [-0.15, -0.1) is 10.2 Å². The highest BCUT2D eigenvalue weighted by Gasteiger charge is 2.13. The smallest absolute Gasteiger partial charge is 0.316 e. The lowest BCUT2D eigenvalue weighted by Crippen LogP contribution is -2.13. The van der Waals surface area contributed by atoms with Crippen molar-refractivity contribution in [3.05, 3.63) is 28.7 Å². The molecule has 0 aliphatic rings. The third-order valence-corrected chi connectivity index (χ3v) is 3.67. The molecule has 7 heteroatoms. The summed E-state index contributed by atoms with van der Waals surface area (Å²) in [7, 11) is 0. The first-order chi connectivity index (χ1) is 9.56. The number of hydrogen-bond donors (Lipinski definition) is 0. The molecule has 0 aliphatic carbocycles. The van der Waals surface area contributed by atoms with Crippen LogP contribution in [-0.2, 0) is 9.53 Å². The number of thioether (sulfide) groups is 1. The van der Waals surface area contributed by atoms with Crippen LogP contribution in [0.4, 0.5) is 0 Å². The van der Waals surface area contributed by atoms with Gasteiger partial charge in [0.1, 0.15) is 5.75 Å². The summed E-state index contributed by atoms with van der Waals surface area (Å²) in [5, 5.41) is 8.21. The maximum Gasteiger partial charge on any atom is 0.316 e. The van der Waals surface area contributed by atoms with Crippen molar-refractivity contribution in [2.45, 2.75) is 25.2 Å². The predicted molar refractivity (Wildman–Crippen MR) is 79.4 cm³/mol. The van der Waals surface area contributed by atoms with Gasteiger partial charge in [0.15, 0.2) is 0 Å². The number of rotatable bonds is 5. The van der Waals surface area contributed by atoms with Gasteiger partial charge in [0.2, 0.25) is 5.89 Å². The molecular formula is C13H13BrN2O3S. The van der Waals surface area contributed by atoms with Crippen molar-refractivity contribution in [3.8, 4) is 11.5 Å². The molecule has 0 spiro atoms. The van der Waals surface area contributed by atoms with E-state index in [0.29, 0.717) is 11.1 Å². The second-order valence-electron chi connectivity index (χ2n) is 4.18. The number of ether oxygens (including phenoxy) is 1. The lowest BCUT2D eigenvalue weighted by molar-refractivity contribution is -0.144. The number of carbonyl (C=O) groups excluding carboxylic acids is 1. The van der Waals surface area contributed by atoms with Crippen molar-refractivity contribution >= 4 is 33.7 Å². The van der Waals surface area contributed by atoms with Gasteiger partial charge in [0.25, 0.3) is 5.22 Å². The highest BCUT2D eigenvalue weighted by Crippen LogP contribution is 2.28. The monoisotopic (exact) mass is 356 g/mol. The Morgan fingerprint density at radius 2 is 2.15 bits per heavy atom. The minimum Gasteiger partial charge on any atom is -0.462 e. The van der Waals surface area contributed by atoms with Crippen LogP contribution in [0.2, 0.25) is 0 Å². The Labute approximate surface area is 129 Å². The van der Waals surface area contributed by atoms with Gasteiger partial charge in [-0.05, 0) is 41.9 Å². The zero-order valence-corrected chi connectivity index (χ0v) is 13.4. The molecule has 1 aromatic carbocycles. The Kier molecular flexibility index (Phi) is 5.19. The lowest BCUT2D eigenvalue weighted by Gasteiger charge is -2.05. The minimum absolute atomic E-state index is 0.123. The van der Waals surface area contributed by atoms with E-state index in [1.165, 1.54) is 0 Å². The van der Waals surface area contributed by atoms with Gasteiger partial charge in [-0.1, -0.05) is 23.9 Å². The molecule has 0 atom stereocenters. The maximum absolute atomic E-state index is 11.4. The van der Waals surface area contributed by atoms with Crippen molar-refractivity contribution in [2.75, 3.05) is 5.75 Å². The average Bonchev–Trinajstić information content (AvgIpc) is 2.85. The van der Waals surface area contributed by atoms with E-state index in [2.05, 4.69) is 26.1 Å². The average molecular weight is 357 g/mol. The second-order valence-corrected chi connectivity index (χ2v) is 5.96. The molecule has 0 N–H and O–H groups in total. The van der Waals surface area contributed by atoms with E-state index in [4.69, 9.17) is 9.15 Å². The number of esters is 1. The molecule has 20 heavy (non-hydrogen) atoms. The van der Waals surface area contributed by atoms with Gasteiger partial charge in [0.05, 0.1) is 11.7 Å². The Morgan fingerprint density at radius 1 is 1.40 bits per heavy atom. The summed E-state index contributed by atoms with van der Waals surface area (Å²) in [4.78, 5) is 11.4. The van der Waals surface area contributed by atoms with Gasteiger partial charge in [-0.25, -0.2) is 0 Å². The topological polar surface area (TPSA) is 65.2 Å². The molecule has 0 amide bonds. The van der Waals surface area contributed by atoms with Gasteiger partial charge in [0, 0.05) is 4.47 Å². The van der Waals surface area contributed by atoms with E-state index in [1.54, 1.807) is 13.8 Å². The van der Waals surface area contributed by atoms with E-state index < -0.39 is 0 Å². The van der Waals surface area contributed by atoms with Crippen LogP contribution >= 0.6 is 27.7 Å². The normalized spacial score (nSPS) is 10.8. The Hall–Kier alpha value is -1.34. The maximum atomic E-state index is 11.4. The largest absolute Gasteiger partial charge is 0.462 e. The SMILES string of the molecule is CC(C)OC(=O)CSc1nnc(-c2ccccc2Br)o1. The number of carbonyl (C=O) groups is 1. The highest BCUT2D eigenvalue weighted by atomic mass is 79.9. The number of halogens is 1. The predicted octanol–water partition coefficient (Wildman–Crippen LogP) is 3.54. The fraction of sp³-hybridized carbons (Fsp3) is 0.308. The third kappa shape index (κ3) is 4.08. The highest BCUT2D eigenvalue weighted by molar-refractivity contribution is 9.10. The second kappa shape index (κ2) is 6.90. The van der Waals surface area contributed by atoms with Crippen LogP contribution in [0.15, 0.2) is 38.4 Å². The first-order valence-corrected chi connectivity index (χ1v) is 7.75. The van der Waals surface area contributed by atoms with Gasteiger partial charge >= 0.3 is 5.97 Å². The molecule has 0 fully saturated rings. The number of nitrogens with zero attached hydrogens (tertiary/aromatic N) is 2. The van der Waals surface area contributed by atoms with E-state index in [9.17, 15) is 4.79 Å². The Bertz CT molecular complexity index is 601. The standard InChI is InChI=1S/C13H13BrN2O3S/c1-8(2)18-11(17)7-20-13-16-15-12(19-13)9-5-3-4-6-10(9)14/h3-6,8H,7H2,1-2H3. The molecule has 5 nitrogen and oxygen atoms in total. The zero-order chi connectivity index (χ0) is 14.5. The van der Waals surface area contributed by atoms with Crippen molar-refractivity contribution in [3.63, 3.8) is 0 Å². The summed E-state index contributed by atoms with van der Waals surface area (Å²) in [6.45, 7) is 3.61. The molecule has 106 valence electrons. The zero-order valence-electron chi connectivity index (χ0n) is 11.0. The van der Waals surface area contributed by atoms with Crippen molar-refractivity contribution in [2.24, 2.45) is 0 Å². The first-order valence-electron chi connectivity index (χ1n) is 5.97. The van der Waals surface area contributed by atoms with E-state index in [1.807, 2.05) is 24.3 Å². The number of hydrogen-bond acceptors (Lipinski definition) is 6. The molecular weight excluding hydrogens is 344 g/mol. The molecule has 1 heterocycles. The summed E-state index contributed by atoms with van der Waals surface area (Å²) in [6.07, 6.45) is -0.123.